The lowest BCUT2D eigenvalue weighted by atomic mass is 10.1. The van der Waals surface area contributed by atoms with Crippen LogP contribution < -0.4 is 5.76 Å². The fourth-order valence-electron chi connectivity index (χ4n) is 1.98. The number of hydrogen-bond donors (Lipinski definition) is 0. The van der Waals surface area contributed by atoms with Gasteiger partial charge in [-0.1, -0.05) is 29.8 Å². The molecule has 106 valence electrons. The van der Waals surface area contributed by atoms with Crippen molar-refractivity contribution in [1.82, 2.24) is 9.78 Å². The molecule has 1 aromatic heterocycles. The maximum absolute atomic E-state index is 12.9. The van der Waals surface area contributed by atoms with Crippen LogP contribution in [-0.2, 0) is 6.54 Å². The Hall–Kier alpha value is -2.69. The van der Waals surface area contributed by atoms with E-state index in [1.165, 1.54) is 28.9 Å². The number of aryl methyl sites for hydroxylation is 1. The number of nitrogens with zero attached hydrogens (tertiary/aromatic N) is 2. The molecule has 2 aromatic carbocycles. The normalized spacial score (nSPS) is 10.8. The first-order valence-corrected chi connectivity index (χ1v) is 6.51. The fraction of sp³-hybridized carbons (Fsp3) is 0.125. The van der Waals surface area contributed by atoms with Gasteiger partial charge in [-0.05, 0) is 36.8 Å². The van der Waals surface area contributed by atoms with Crippen LogP contribution in [0.1, 0.15) is 11.1 Å². The molecule has 1 heterocycles. The van der Waals surface area contributed by atoms with E-state index in [1.807, 2.05) is 31.2 Å². The van der Waals surface area contributed by atoms with E-state index >= 15 is 0 Å². The first kappa shape index (κ1) is 13.3. The minimum atomic E-state index is -0.532. The zero-order valence-electron chi connectivity index (χ0n) is 11.4. The second kappa shape index (κ2) is 5.36. The lowest BCUT2D eigenvalue weighted by Crippen LogP contribution is -2.16. The van der Waals surface area contributed by atoms with E-state index < -0.39 is 5.76 Å². The van der Waals surface area contributed by atoms with Crippen LogP contribution in [-0.4, -0.2) is 9.78 Å². The molecule has 5 heteroatoms. The number of halogens is 1. The molecular weight excluding hydrogens is 271 g/mol. The lowest BCUT2D eigenvalue weighted by Gasteiger charge is -2.00. The first-order chi connectivity index (χ1) is 10.1. The van der Waals surface area contributed by atoms with Crippen LogP contribution >= 0.6 is 0 Å². The third-order valence-electron chi connectivity index (χ3n) is 3.15. The zero-order valence-corrected chi connectivity index (χ0v) is 11.4. The van der Waals surface area contributed by atoms with Gasteiger partial charge in [0, 0.05) is 5.56 Å². The molecule has 0 saturated heterocycles. The van der Waals surface area contributed by atoms with Gasteiger partial charge in [0.05, 0.1) is 6.54 Å². The zero-order chi connectivity index (χ0) is 14.8. The summed E-state index contributed by atoms with van der Waals surface area (Å²) >= 11 is 0. The van der Waals surface area contributed by atoms with Crippen molar-refractivity contribution in [1.29, 1.82) is 0 Å². The number of benzene rings is 2. The largest absolute Gasteiger partial charge is 0.437 e. The summed E-state index contributed by atoms with van der Waals surface area (Å²) in [6.45, 7) is 2.34. The van der Waals surface area contributed by atoms with Gasteiger partial charge < -0.3 is 4.42 Å². The molecule has 4 nitrogen and oxygen atoms in total. The minimum Gasteiger partial charge on any atom is -0.388 e. The molecule has 0 N–H and O–H groups in total. The number of rotatable bonds is 3. The Morgan fingerprint density at radius 2 is 1.76 bits per heavy atom. The van der Waals surface area contributed by atoms with E-state index in [4.69, 9.17) is 4.42 Å². The third-order valence-corrected chi connectivity index (χ3v) is 3.15. The van der Waals surface area contributed by atoms with Crippen LogP contribution in [0.25, 0.3) is 11.5 Å². The van der Waals surface area contributed by atoms with E-state index in [1.54, 1.807) is 0 Å². The lowest BCUT2D eigenvalue weighted by molar-refractivity contribution is 0.495. The summed E-state index contributed by atoms with van der Waals surface area (Å²) in [5.74, 6) is -0.692. The van der Waals surface area contributed by atoms with Crippen LogP contribution in [0.4, 0.5) is 4.39 Å². The fourth-order valence-corrected chi connectivity index (χ4v) is 1.98. The van der Waals surface area contributed by atoms with E-state index in [9.17, 15) is 9.18 Å². The highest BCUT2D eigenvalue weighted by atomic mass is 19.1. The van der Waals surface area contributed by atoms with Gasteiger partial charge in [-0.2, -0.15) is 4.68 Å². The van der Waals surface area contributed by atoms with Gasteiger partial charge in [0.25, 0.3) is 0 Å². The summed E-state index contributed by atoms with van der Waals surface area (Å²) in [7, 11) is 0. The molecule has 3 aromatic rings. The van der Waals surface area contributed by atoms with Crippen molar-refractivity contribution in [2.75, 3.05) is 0 Å². The molecular formula is C16H13FN2O2. The highest BCUT2D eigenvalue weighted by Crippen LogP contribution is 2.16. The Labute approximate surface area is 120 Å². The molecule has 0 aliphatic rings. The number of aromatic nitrogens is 2. The van der Waals surface area contributed by atoms with E-state index in [0.29, 0.717) is 12.1 Å². The molecule has 0 saturated carbocycles. The van der Waals surface area contributed by atoms with Crippen molar-refractivity contribution in [2.45, 2.75) is 13.5 Å². The van der Waals surface area contributed by atoms with Crippen molar-refractivity contribution in [3.8, 4) is 11.5 Å². The minimum absolute atomic E-state index is 0.187. The molecule has 0 bridgehead atoms. The van der Waals surface area contributed by atoms with E-state index in [-0.39, 0.29) is 11.7 Å². The number of hydrogen-bond acceptors (Lipinski definition) is 3. The van der Waals surface area contributed by atoms with Gasteiger partial charge in [0.1, 0.15) is 5.82 Å². The summed E-state index contributed by atoms with van der Waals surface area (Å²) in [4.78, 5) is 11.8. The van der Waals surface area contributed by atoms with Crippen LogP contribution in [0.2, 0.25) is 0 Å². The molecule has 0 spiro atoms. The molecule has 0 atom stereocenters. The Morgan fingerprint density at radius 3 is 2.43 bits per heavy atom. The van der Waals surface area contributed by atoms with E-state index in [2.05, 4.69) is 5.10 Å². The van der Waals surface area contributed by atoms with Crippen molar-refractivity contribution in [3.05, 3.63) is 76.0 Å². The van der Waals surface area contributed by atoms with Crippen LogP contribution in [0, 0.1) is 12.7 Å². The standard InChI is InChI=1S/C16H13FN2O2/c1-11-2-4-12(5-3-11)10-19-16(20)21-15(18-19)13-6-8-14(17)9-7-13/h2-9H,10H2,1H3. The Balaban J connectivity index is 1.89. The smallest absolute Gasteiger partial charge is 0.388 e. The molecule has 0 unspecified atom stereocenters. The predicted molar refractivity (Wildman–Crippen MR) is 76.4 cm³/mol. The highest BCUT2D eigenvalue weighted by Gasteiger charge is 2.10. The van der Waals surface area contributed by atoms with Crippen LogP contribution in [0.15, 0.2) is 57.7 Å². The summed E-state index contributed by atoms with van der Waals surface area (Å²) in [5, 5.41) is 4.14. The van der Waals surface area contributed by atoms with Gasteiger partial charge in [0.15, 0.2) is 0 Å². The van der Waals surface area contributed by atoms with Crippen molar-refractivity contribution >= 4 is 0 Å². The molecule has 0 radical (unpaired) electrons. The molecule has 3 rings (SSSR count). The summed E-state index contributed by atoms with van der Waals surface area (Å²) in [6.07, 6.45) is 0. The predicted octanol–water partition coefficient (Wildman–Crippen LogP) is 3.00. The summed E-state index contributed by atoms with van der Waals surface area (Å²) < 4.78 is 19.3. The first-order valence-electron chi connectivity index (χ1n) is 6.51. The van der Waals surface area contributed by atoms with Crippen LogP contribution in [0.5, 0.6) is 0 Å². The highest BCUT2D eigenvalue weighted by molar-refractivity contribution is 5.51. The summed E-state index contributed by atoms with van der Waals surface area (Å²) in [6, 6.07) is 13.5. The van der Waals surface area contributed by atoms with Gasteiger partial charge in [-0.15, -0.1) is 5.10 Å². The maximum Gasteiger partial charge on any atom is 0.437 e. The molecule has 0 aliphatic heterocycles. The van der Waals surface area contributed by atoms with Gasteiger partial charge in [-0.3, -0.25) is 0 Å². The Kier molecular flexibility index (Phi) is 3.39. The van der Waals surface area contributed by atoms with Gasteiger partial charge >= 0.3 is 5.76 Å². The quantitative estimate of drug-likeness (QED) is 0.743. The Bertz CT molecular complexity index is 802. The second-order valence-corrected chi connectivity index (χ2v) is 4.82. The SMILES string of the molecule is Cc1ccc(Cn2nc(-c3ccc(F)cc3)oc2=O)cc1. The van der Waals surface area contributed by atoms with Crippen molar-refractivity contribution in [2.24, 2.45) is 0 Å². The molecule has 0 aliphatic carbocycles. The average Bonchev–Trinajstić information content (AvgIpc) is 2.83. The van der Waals surface area contributed by atoms with Crippen LogP contribution in [0.3, 0.4) is 0 Å². The van der Waals surface area contributed by atoms with Gasteiger partial charge in [0.2, 0.25) is 5.89 Å². The van der Waals surface area contributed by atoms with E-state index in [0.717, 1.165) is 11.1 Å². The van der Waals surface area contributed by atoms with Gasteiger partial charge in [-0.25, -0.2) is 9.18 Å². The third kappa shape index (κ3) is 2.91. The molecule has 21 heavy (non-hydrogen) atoms. The molecule has 0 amide bonds. The van der Waals surface area contributed by atoms with Crippen molar-refractivity contribution < 1.29 is 8.81 Å². The molecule has 0 fully saturated rings. The Morgan fingerprint density at radius 1 is 1.10 bits per heavy atom. The summed E-state index contributed by atoms with van der Waals surface area (Å²) in [5.41, 5.74) is 2.68. The topological polar surface area (TPSA) is 48.0 Å². The monoisotopic (exact) mass is 284 g/mol. The van der Waals surface area contributed by atoms with Crippen molar-refractivity contribution in [3.63, 3.8) is 0 Å². The second-order valence-electron chi connectivity index (χ2n) is 4.82. The maximum atomic E-state index is 12.9. The average molecular weight is 284 g/mol.